The molecule has 1 unspecified atom stereocenters. The number of halogens is 2. The van der Waals surface area contributed by atoms with Gasteiger partial charge in [0.25, 0.3) is 0 Å². The Hall–Kier alpha value is -2.73. The van der Waals surface area contributed by atoms with Crippen LogP contribution in [0.2, 0.25) is 0 Å². The summed E-state index contributed by atoms with van der Waals surface area (Å²) in [4.78, 5) is 17.8. The van der Waals surface area contributed by atoms with Gasteiger partial charge in [0.15, 0.2) is 5.43 Å². The van der Waals surface area contributed by atoms with E-state index in [4.69, 9.17) is 0 Å². The van der Waals surface area contributed by atoms with Crippen LogP contribution in [0.1, 0.15) is 25.3 Å². The Bertz CT molecular complexity index is 1100. The molecule has 2 N–H and O–H groups in total. The molecule has 1 aliphatic rings. The van der Waals surface area contributed by atoms with Crippen molar-refractivity contribution in [1.29, 1.82) is 0 Å². The molecule has 28 heavy (non-hydrogen) atoms. The van der Waals surface area contributed by atoms with Crippen LogP contribution in [0, 0.1) is 18.6 Å². The first kappa shape index (κ1) is 18.6. The van der Waals surface area contributed by atoms with E-state index < -0.39 is 22.7 Å². The van der Waals surface area contributed by atoms with Crippen molar-refractivity contribution in [1.82, 2.24) is 4.98 Å². The molecule has 3 aromatic rings. The lowest BCUT2D eigenvalue weighted by Gasteiger charge is -2.38. The van der Waals surface area contributed by atoms with E-state index in [0.29, 0.717) is 17.8 Å². The third-order valence-corrected chi connectivity index (χ3v) is 5.45. The number of β-amino-alcohol motifs (C(OH)–C–C–N with tert-alkyl or cyclic N) is 1. The molecule has 0 radical (unpaired) electrons. The molecule has 4 rings (SSSR count). The molecular weight excluding hydrogens is 362 g/mol. The summed E-state index contributed by atoms with van der Waals surface area (Å²) in [5.41, 5.74) is 1.66. The van der Waals surface area contributed by atoms with E-state index in [9.17, 15) is 18.7 Å². The van der Waals surface area contributed by atoms with Gasteiger partial charge >= 0.3 is 0 Å². The highest BCUT2D eigenvalue weighted by atomic mass is 19.1. The maximum absolute atomic E-state index is 14.1. The van der Waals surface area contributed by atoms with E-state index in [0.717, 1.165) is 42.8 Å². The summed E-state index contributed by atoms with van der Waals surface area (Å²) >= 11 is 0. The Kier molecular flexibility index (Phi) is 4.46. The van der Waals surface area contributed by atoms with Gasteiger partial charge in [-0.2, -0.15) is 0 Å². The van der Waals surface area contributed by atoms with Crippen molar-refractivity contribution in [2.45, 2.75) is 32.3 Å². The number of aromatic nitrogens is 1. The number of benzene rings is 2. The SMILES string of the molecule is Cc1c(-c2ccc(N3CCCC(C)(O)C3)cc2)[nH]c2cc(F)cc(F)c2c1=O. The quantitative estimate of drug-likeness (QED) is 0.698. The maximum Gasteiger partial charge on any atom is 0.195 e. The second-order valence-electron chi connectivity index (χ2n) is 7.83. The van der Waals surface area contributed by atoms with Crippen LogP contribution in [-0.2, 0) is 0 Å². The highest BCUT2D eigenvalue weighted by Crippen LogP contribution is 2.29. The van der Waals surface area contributed by atoms with E-state index in [1.54, 1.807) is 6.92 Å². The number of nitrogens with zero attached hydrogens (tertiary/aromatic N) is 1. The van der Waals surface area contributed by atoms with Gasteiger partial charge in [-0.1, -0.05) is 12.1 Å². The third kappa shape index (κ3) is 3.29. The Morgan fingerprint density at radius 2 is 1.89 bits per heavy atom. The first-order chi connectivity index (χ1) is 13.2. The van der Waals surface area contributed by atoms with Gasteiger partial charge in [0.2, 0.25) is 0 Å². The van der Waals surface area contributed by atoms with Crippen molar-refractivity contribution in [2.24, 2.45) is 0 Å². The van der Waals surface area contributed by atoms with Gasteiger partial charge in [-0.3, -0.25) is 4.79 Å². The number of fused-ring (bicyclic) bond motifs is 1. The lowest BCUT2D eigenvalue weighted by atomic mass is 9.94. The number of rotatable bonds is 2. The third-order valence-electron chi connectivity index (χ3n) is 5.45. The molecule has 1 aliphatic heterocycles. The van der Waals surface area contributed by atoms with E-state index >= 15 is 0 Å². The summed E-state index contributed by atoms with van der Waals surface area (Å²) in [6, 6.07) is 9.47. The molecule has 1 fully saturated rings. The van der Waals surface area contributed by atoms with Crippen molar-refractivity contribution in [3.8, 4) is 11.3 Å². The number of hydrogen-bond acceptors (Lipinski definition) is 3. The first-order valence-electron chi connectivity index (χ1n) is 9.34. The predicted molar refractivity (Wildman–Crippen MR) is 107 cm³/mol. The zero-order valence-corrected chi connectivity index (χ0v) is 15.9. The van der Waals surface area contributed by atoms with Gasteiger partial charge in [0.1, 0.15) is 11.6 Å². The zero-order chi connectivity index (χ0) is 20.1. The normalized spacial score (nSPS) is 20.0. The van der Waals surface area contributed by atoms with Crippen molar-refractivity contribution in [3.63, 3.8) is 0 Å². The number of aromatic amines is 1. The molecule has 6 heteroatoms. The predicted octanol–water partition coefficient (Wildman–Crippen LogP) is 4.13. The largest absolute Gasteiger partial charge is 0.388 e. The average Bonchev–Trinajstić information content (AvgIpc) is 2.63. The minimum atomic E-state index is -0.863. The summed E-state index contributed by atoms with van der Waals surface area (Å²) in [5, 5.41) is 10.2. The van der Waals surface area contributed by atoms with Crippen molar-refractivity contribution < 1.29 is 13.9 Å². The van der Waals surface area contributed by atoms with E-state index in [2.05, 4.69) is 9.88 Å². The molecule has 1 aromatic heterocycles. The number of piperidine rings is 1. The first-order valence-corrected chi connectivity index (χ1v) is 9.34. The Labute approximate surface area is 161 Å². The maximum atomic E-state index is 14.1. The molecule has 0 amide bonds. The molecule has 0 spiro atoms. The topological polar surface area (TPSA) is 56.3 Å². The summed E-state index contributed by atoms with van der Waals surface area (Å²) < 4.78 is 27.7. The second kappa shape index (κ2) is 6.71. The van der Waals surface area contributed by atoms with Gasteiger partial charge < -0.3 is 15.0 Å². The fourth-order valence-corrected chi connectivity index (χ4v) is 4.00. The van der Waals surface area contributed by atoms with Crippen molar-refractivity contribution in [3.05, 3.63) is 63.8 Å². The minimum Gasteiger partial charge on any atom is -0.388 e. The summed E-state index contributed by atoms with van der Waals surface area (Å²) in [6.07, 6.45) is 1.70. The molecule has 0 bridgehead atoms. The van der Waals surface area contributed by atoms with Gasteiger partial charge in [-0.25, -0.2) is 8.78 Å². The lowest BCUT2D eigenvalue weighted by molar-refractivity contribution is 0.0449. The van der Waals surface area contributed by atoms with E-state index in [1.165, 1.54) is 0 Å². The molecule has 4 nitrogen and oxygen atoms in total. The Morgan fingerprint density at radius 3 is 2.57 bits per heavy atom. The molecule has 2 heterocycles. The molecule has 0 saturated carbocycles. The number of anilines is 1. The Balaban J connectivity index is 1.74. The number of aliphatic hydroxyl groups is 1. The van der Waals surface area contributed by atoms with Crippen LogP contribution in [0.25, 0.3) is 22.2 Å². The molecule has 1 atom stereocenters. The summed E-state index contributed by atoms with van der Waals surface area (Å²) in [7, 11) is 0. The number of hydrogen-bond donors (Lipinski definition) is 2. The lowest BCUT2D eigenvalue weighted by Crippen LogP contribution is -2.46. The minimum absolute atomic E-state index is 0.130. The van der Waals surface area contributed by atoms with Crippen LogP contribution in [0.15, 0.2) is 41.2 Å². The molecule has 0 aliphatic carbocycles. The monoisotopic (exact) mass is 384 g/mol. The van der Waals surface area contributed by atoms with Crippen LogP contribution in [-0.4, -0.2) is 28.8 Å². The average molecular weight is 384 g/mol. The summed E-state index contributed by atoms with van der Waals surface area (Å²) in [5.74, 6) is -1.60. The van der Waals surface area contributed by atoms with E-state index in [-0.39, 0.29) is 10.9 Å². The molecule has 2 aromatic carbocycles. The highest BCUT2D eigenvalue weighted by molar-refractivity contribution is 5.84. The fourth-order valence-electron chi connectivity index (χ4n) is 4.00. The van der Waals surface area contributed by atoms with E-state index in [1.807, 2.05) is 31.2 Å². The second-order valence-corrected chi connectivity index (χ2v) is 7.83. The van der Waals surface area contributed by atoms with Crippen LogP contribution in [0.4, 0.5) is 14.5 Å². The van der Waals surface area contributed by atoms with Crippen molar-refractivity contribution >= 4 is 16.6 Å². The Morgan fingerprint density at radius 1 is 1.18 bits per heavy atom. The number of pyridine rings is 1. The van der Waals surface area contributed by atoms with Gasteiger partial charge in [-0.15, -0.1) is 0 Å². The molecule has 146 valence electrons. The molecule has 1 saturated heterocycles. The van der Waals surface area contributed by atoms with Crippen LogP contribution in [0.5, 0.6) is 0 Å². The van der Waals surface area contributed by atoms with Gasteiger partial charge in [-0.05, 0) is 50.5 Å². The zero-order valence-electron chi connectivity index (χ0n) is 15.9. The van der Waals surface area contributed by atoms with Crippen LogP contribution in [0.3, 0.4) is 0 Å². The van der Waals surface area contributed by atoms with Crippen LogP contribution >= 0.6 is 0 Å². The number of nitrogens with one attached hydrogen (secondary N) is 1. The smallest absolute Gasteiger partial charge is 0.195 e. The van der Waals surface area contributed by atoms with Gasteiger partial charge in [0.05, 0.1) is 22.2 Å². The highest BCUT2D eigenvalue weighted by Gasteiger charge is 2.28. The van der Waals surface area contributed by atoms with Crippen LogP contribution < -0.4 is 10.3 Å². The van der Waals surface area contributed by atoms with Gasteiger partial charge in [0, 0.05) is 30.4 Å². The standard InChI is InChI=1S/C22H22F2N2O2/c1-13-20(25-18-11-15(23)10-17(24)19(18)21(13)27)14-4-6-16(7-5-14)26-9-3-8-22(2,28)12-26/h4-7,10-11,28H,3,8-9,12H2,1-2H3,(H,25,27). The summed E-state index contributed by atoms with van der Waals surface area (Å²) in [6.45, 7) is 4.91. The van der Waals surface area contributed by atoms with Crippen molar-refractivity contribution in [2.75, 3.05) is 18.0 Å². The fraction of sp³-hybridized carbons (Fsp3) is 0.318. The number of H-pyrrole nitrogens is 1. The molecular formula is C22H22F2N2O2.